The Bertz CT molecular complexity index is 2320. The van der Waals surface area contributed by atoms with Gasteiger partial charge in [0.2, 0.25) is 5.95 Å². The molecule has 0 unspecified atom stereocenters. The molecule has 5 heterocycles. The number of allylic oxidation sites excluding steroid dienone is 1. The molecule has 56 heavy (non-hydrogen) atoms. The lowest BCUT2D eigenvalue weighted by Crippen LogP contribution is -2.49. The maximum Gasteiger partial charge on any atom is 0.286 e. The number of aliphatic hydroxyl groups is 1. The average Bonchev–Trinajstić information content (AvgIpc) is 3.48. The summed E-state index contributed by atoms with van der Waals surface area (Å²) in [6.45, 7) is 6.17. The lowest BCUT2D eigenvalue weighted by atomic mass is 9.68. The molecule has 2 bridgehead atoms. The molecule has 3 aliphatic heterocycles. The summed E-state index contributed by atoms with van der Waals surface area (Å²) in [5.74, 6) is 1.15. The number of morpholine rings is 1. The van der Waals surface area contributed by atoms with E-state index in [1.54, 1.807) is 24.0 Å². The van der Waals surface area contributed by atoms with Gasteiger partial charge in [0.05, 0.1) is 42.8 Å². The van der Waals surface area contributed by atoms with Crippen LogP contribution in [0.1, 0.15) is 60.5 Å². The number of amides is 1. The third kappa shape index (κ3) is 7.25. The molecule has 6 atom stereocenters. The molecule has 13 nitrogen and oxygen atoms in total. The molecule has 9 rings (SSSR count). The van der Waals surface area contributed by atoms with Crippen LogP contribution in [0, 0.1) is 17.8 Å². The fraction of sp³-hybridized carbons (Fsp3) is 0.512. The maximum atomic E-state index is 15.2. The summed E-state index contributed by atoms with van der Waals surface area (Å²) in [6, 6.07) is 11.6. The number of aryl methyl sites for hydroxylation is 2. The summed E-state index contributed by atoms with van der Waals surface area (Å²) in [5.41, 5.74) is 3.81. The van der Waals surface area contributed by atoms with Gasteiger partial charge in [-0.3, -0.25) is 14.2 Å². The van der Waals surface area contributed by atoms with Crippen LogP contribution in [-0.4, -0.2) is 92.8 Å². The van der Waals surface area contributed by atoms with Gasteiger partial charge in [-0.15, -0.1) is 4.36 Å². The van der Waals surface area contributed by atoms with E-state index in [4.69, 9.17) is 31.0 Å². The second-order valence-electron chi connectivity index (χ2n) is 16.4. The maximum absolute atomic E-state index is 15.2. The smallest absolute Gasteiger partial charge is 0.286 e. The third-order valence-electron chi connectivity index (χ3n) is 12.3. The van der Waals surface area contributed by atoms with Crippen LogP contribution in [0.4, 0.5) is 17.5 Å². The quantitative estimate of drug-likeness (QED) is 0.239. The molecule has 5 aliphatic rings. The Morgan fingerprint density at radius 3 is 2.77 bits per heavy atom. The number of anilines is 3. The molecule has 296 valence electrons. The molecule has 4 aromatic rings. The van der Waals surface area contributed by atoms with E-state index in [1.807, 2.05) is 42.2 Å². The average molecular weight is 801 g/mol. The van der Waals surface area contributed by atoms with E-state index in [-0.39, 0.29) is 28.9 Å². The summed E-state index contributed by atoms with van der Waals surface area (Å²) in [7, 11) is -1.67. The van der Waals surface area contributed by atoms with Crippen molar-refractivity contribution >= 4 is 55.9 Å². The first-order valence-electron chi connectivity index (χ1n) is 19.8. The van der Waals surface area contributed by atoms with Crippen LogP contribution in [0.5, 0.6) is 5.75 Å². The predicted molar refractivity (Wildman–Crippen MR) is 218 cm³/mol. The summed E-state index contributed by atoms with van der Waals surface area (Å²) in [4.78, 5) is 28.3. The van der Waals surface area contributed by atoms with E-state index in [9.17, 15) is 9.90 Å². The number of nitrogens with one attached hydrogen (secondary N) is 1. The minimum atomic E-state index is -3.47. The molecule has 15 heteroatoms. The van der Waals surface area contributed by atoms with Crippen LogP contribution >= 0.6 is 11.6 Å². The number of aliphatic hydroxyl groups excluding tert-OH is 1. The van der Waals surface area contributed by atoms with Gasteiger partial charge in [0.25, 0.3) is 5.91 Å². The standard InChI is InChI=1S/C41H49ClN8O5S/c1-26-5-3-7-35(51)31-11-8-29(31)21-50-24-41(14-4-6-27-19-30(42)10-12-33(27)41)25-55-36-13-9-28(20-34(36)50)39(52)47-56(53,23-26)46-38-32-22-48(2)45-37(32)43-40(44-38)49-15-17-54-18-16-49/h3,7,9-10,12-13,19-20,22,26,29,31,35,51H,4-6,8,11,14-18,21,23-25H2,1-2H3,(H,43,44,45,46,47,52,53)/b7-3+/t26-,29-,31+,35-,41-,56+/m0/s1. The van der Waals surface area contributed by atoms with Crippen molar-refractivity contribution < 1.29 is 23.6 Å². The Balaban J connectivity index is 1.13. The number of benzene rings is 2. The number of rotatable bonds is 3. The summed E-state index contributed by atoms with van der Waals surface area (Å²) in [6.07, 6.45) is 10.5. The number of hydrogen-bond acceptors (Lipinski definition) is 10. The van der Waals surface area contributed by atoms with Crippen molar-refractivity contribution in [3.05, 3.63) is 76.5 Å². The largest absolute Gasteiger partial charge is 0.490 e. The molecule has 2 aliphatic carbocycles. The number of aromatic nitrogens is 4. The molecule has 2 aromatic carbocycles. The zero-order valence-electron chi connectivity index (χ0n) is 31.9. The van der Waals surface area contributed by atoms with Crippen molar-refractivity contribution in [2.45, 2.75) is 57.0 Å². The van der Waals surface area contributed by atoms with Gasteiger partial charge in [0.1, 0.15) is 15.7 Å². The summed E-state index contributed by atoms with van der Waals surface area (Å²) >= 11 is 6.48. The van der Waals surface area contributed by atoms with Crippen LogP contribution in [0.2, 0.25) is 5.02 Å². The topological polar surface area (TPSA) is 147 Å². The van der Waals surface area contributed by atoms with Crippen molar-refractivity contribution in [2.24, 2.45) is 29.2 Å². The first kappa shape index (κ1) is 37.3. The number of nitrogens with zero attached hydrogens (tertiary/aromatic N) is 7. The molecule has 2 fully saturated rings. The van der Waals surface area contributed by atoms with E-state index >= 15 is 4.21 Å². The van der Waals surface area contributed by atoms with Crippen molar-refractivity contribution in [2.75, 3.05) is 66.3 Å². The first-order valence-corrected chi connectivity index (χ1v) is 21.9. The molecular weight excluding hydrogens is 752 g/mol. The van der Waals surface area contributed by atoms with Gasteiger partial charge in [0.15, 0.2) is 11.5 Å². The number of fused-ring (bicyclic) bond motifs is 5. The van der Waals surface area contributed by atoms with Gasteiger partial charge in [0, 0.05) is 55.4 Å². The zero-order chi connectivity index (χ0) is 38.6. The van der Waals surface area contributed by atoms with Gasteiger partial charge in [-0.05, 0) is 97.7 Å². The van der Waals surface area contributed by atoms with Crippen LogP contribution in [0.15, 0.2) is 59.1 Å². The van der Waals surface area contributed by atoms with Gasteiger partial charge in [-0.25, -0.2) is 4.21 Å². The molecule has 1 saturated heterocycles. The van der Waals surface area contributed by atoms with Gasteiger partial charge in [-0.2, -0.15) is 15.1 Å². The Morgan fingerprint density at radius 1 is 1.09 bits per heavy atom. The monoisotopic (exact) mass is 800 g/mol. The number of halogens is 1. The van der Waals surface area contributed by atoms with Crippen molar-refractivity contribution in [1.29, 1.82) is 0 Å². The highest BCUT2D eigenvalue weighted by atomic mass is 35.5. The summed E-state index contributed by atoms with van der Waals surface area (Å²) < 4.78 is 36.7. The van der Waals surface area contributed by atoms with Crippen molar-refractivity contribution in [1.82, 2.24) is 19.7 Å². The predicted octanol–water partition coefficient (Wildman–Crippen LogP) is 5.94. The van der Waals surface area contributed by atoms with E-state index < -0.39 is 21.9 Å². The van der Waals surface area contributed by atoms with Gasteiger partial charge in [-0.1, -0.05) is 36.7 Å². The number of hydrogen-bond donors (Lipinski definition) is 2. The van der Waals surface area contributed by atoms with Crippen LogP contribution in [-0.2, 0) is 33.5 Å². The zero-order valence-corrected chi connectivity index (χ0v) is 33.5. The SMILES string of the molecule is C[C@H]1C/C=C/[C@H](O)[C@@H]2CC[C@H]2CN2C[C@@]3(CCCc4cc(Cl)ccc43)COc3ccc(cc32)C(=O)N=[S@](=O)(Nc2nc(N3CCOCC3)nc3nn(C)cc23)C1. The van der Waals surface area contributed by atoms with Crippen molar-refractivity contribution in [3.8, 4) is 5.75 Å². The fourth-order valence-electron chi connectivity index (χ4n) is 9.28. The van der Waals surface area contributed by atoms with E-state index in [1.165, 1.54) is 11.1 Å². The van der Waals surface area contributed by atoms with Crippen LogP contribution in [0.3, 0.4) is 0 Å². The molecule has 1 saturated carbocycles. The first-order chi connectivity index (χ1) is 27.0. The molecule has 1 spiro atoms. The normalized spacial score (nSPS) is 30.0. The highest BCUT2D eigenvalue weighted by Gasteiger charge is 2.44. The van der Waals surface area contributed by atoms with Gasteiger partial charge >= 0.3 is 0 Å². The molecular formula is C41H49ClN8O5S. The Hall–Kier alpha value is -4.24. The molecule has 1 amide bonds. The minimum absolute atomic E-state index is 0.0655. The Kier molecular flexibility index (Phi) is 9.95. The second-order valence-corrected chi connectivity index (χ2v) is 18.8. The van der Waals surface area contributed by atoms with E-state index in [2.05, 4.69) is 31.2 Å². The van der Waals surface area contributed by atoms with E-state index in [0.29, 0.717) is 86.5 Å². The lowest BCUT2D eigenvalue weighted by Gasteiger charge is -2.45. The van der Waals surface area contributed by atoms with Crippen LogP contribution in [0.25, 0.3) is 11.0 Å². The second kappa shape index (κ2) is 14.9. The molecule has 0 radical (unpaired) electrons. The fourth-order valence-corrected chi connectivity index (χ4v) is 11.4. The lowest BCUT2D eigenvalue weighted by molar-refractivity contribution is 0.0456. The number of carbonyl (C=O) groups is 1. The highest BCUT2D eigenvalue weighted by molar-refractivity contribution is 7.95. The van der Waals surface area contributed by atoms with Crippen LogP contribution < -0.4 is 19.3 Å². The number of carbonyl (C=O) groups excluding carboxylic acids is 1. The number of ether oxygens (including phenoxy) is 2. The minimum Gasteiger partial charge on any atom is -0.490 e. The molecule has 2 aromatic heterocycles. The van der Waals surface area contributed by atoms with Crippen molar-refractivity contribution in [3.63, 3.8) is 0 Å². The highest BCUT2D eigenvalue weighted by Crippen LogP contribution is 2.47. The van der Waals surface area contributed by atoms with Gasteiger partial charge < -0.3 is 24.4 Å². The Labute approximate surface area is 332 Å². The summed E-state index contributed by atoms with van der Waals surface area (Å²) in [5, 5.41) is 17.3. The molecule has 2 N–H and O–H groups in total. The van der Waals surface area contributed by atoms with E-state index in [0.717, 1.165) is 42.8 Å². The Morgan fingerprint density at radius 2 is 1.95 bits per heavy atom. The third-order valence-corrected chi connectivity index (χ3v) is 14.5.